The van der Waals surface area contributed by atoms with Crippen LogP contribution in [0.3, 0.4) is 0 Å². The Balaban J connectivity index is 1.46. The standard InChI is InChI=1S/C14H25N3S/c1-12-17-14(11-18-12)7-10-15-8-4-6-13-5-2-3-9-16-13/h11,13,15-16H,2-10H2,1H3. The highest BCUT2D eigenvalue weighted by molar-refractivity contribution is 7.09. The second-order valence-electron chi connectivity index (χ2n) is 5.15. The minimum absolute atomic E-state index is 0.779. The molecule has 0 amide bonds. The molecule has 4 heteroatoms. The second-order valence-corrected chi connectivity index (χ2v) is 6.21. The summed E-state index contributed by atoms with van der Waals surface area (Å²) in [6.07, 6.45) is 7.82. The van der Waals surface area contributed by atoms with E-state index in [2.05, 4.69) is 27.9 Å². The largest absolute Gasteiger partial charge is 0.316 e. The number of nitrogens with zero attached hydrogens (tertiary/aromatic N) is 1. The van der Waals surface area contributed by atoms with Crippen molar-refractivity contribution in [2.24, 2.45) is 0 Å². The zero-order chi connectivity index (χ0) is 12.6. The first-order chi connectivity index (χ1) is 8.84. The smallest absolute Gasteiger partial charge is 0.0897 e. The maximum Gasteiger partial charge on any atom is 0.0897 e. The van der Waals surface area contributed by atoms with Crippen molar-refractivity contribution in [3.8, 4) is 0 Å². The summed E-state index contributed by atoms with van der Waals surface area (Å²) >= 11 is 1.74. The lowest BCUT2D eigenvalue weighted by molar-refractivity contribution is 0.373. The zero-order valence-corrected chi connectivity index (χ0v) is 12.2. The fraction of sp³-hybridized carbons (Fsp3) is 0.786. The van der Waals surface area contributed by atoms with Crippen molar-refractivity contribution in [1.29, 1.82) is 0 Å². The summed E-state index contributed by atoms with van der Waals surface area (Å²) in [6, 6.07) is 0.779. The van der Waals surface area contributed by atoms with E-state index in [1.807, 2.05) is 0 Å². The summed E-state index contributed by atoms with van der Waals surface area (Å²) in [5.41, 5.74) is 1.24. The lowest BCUT2D eigenvalue weighted by Gasteiger charge is -2.23. The van der Waals surface area contributed by atoms with E-state index >= 15 is 0 Å². The molecule has 2 rings (SSSR count). The molecule has 2 heterocycles. The number of piperidine rings is 1. The summed E-state index contributed by atoms with van der Waals surface area (Å²) < 4.78 is 0. The minimum Gasteiger partial charge on any atom is -0.316 e. The van der Waals surface area contributed by atoms with Gasteiger partial charge in [-0.2, -0.15) is 0 Å². The van der Waals surface area contributed by atoms with Gasteiger partial charge >= 0.3 is 0 Å². The SMILES string of the molecule is Cc1nc(CCNCCCC2CCCCN2)cs1. The number of nitrogens with one attached hydrogen (secondary N) is 2. The Bertz CT molecular complexity index is 332. The summed E-state index contributed by atoms with van der Waals surface area (Å²) in [7, 11) is 0. The van der Waals surface area contributed by atoms with Crippen molar-refractivity contribution in [2.45, 2.75) is 51.5 Å². The molecule has 1 aromatic rings. The molecule has 1 saturated heterocycles. The monoisotopic (exact) mass is 267 g/mol. The molecule has 0 saturated carbocycles. The molecule has 0 bridgehead atoms. The van der Waals surface area contributed by atoms with Gasteiger partial charge in [-0.15, -0.1) is 11.3 Å². The summed E-state index contributed by atoms with van der Waals surface area (Å²) in [6.45, 7) is 5.49. The number of hydrogen-bond donors (Lipinski definition) is 2. The Labute approximate surface area is 114 Å². The molecule has 1 aliphatic rings. The fourth-order valence-electron chi connectivity index (χ4n) is 2.51. The van der Waals surface area contributed by atoms with E-state index in [0.29, 0.717) is 0 Å². The highest BCUT2D eigenvalue weighted by atomic mass is 32.1. The fourth-order valence-corrected chi connectivity index (χ4v) is 3.16. The Morgan fingerprint density at radius 3 is 3.11 bits per heavy atom. The van der Waals surface area contributed by atoms with Gasteiger partial charge in [0.15, 0.2) is 0 Å². The van der Waals surface area contributed by atoms with Gasteiger partial charge in [0.2, 0.25) is 0 Å². The average molecular weight is 267 g/mol. The van der Waals surface area contributed by atoms with Crippen LogP contribution in [0.25, 0.3) is 0 Å². The molecule has 1 aromatic heterocycles. The van der Waals surface area contributed by atoms with Crippen molar-refractivity contribution in [3.05, 3.63) is 16.1 Å². The highest BCUT2D eigenvalue weighted by Crippen LogP contribution is 2.11. The van der Waals surface area contributed by atoms with Crippen LogP contribution in [-0.2, 0) is 6.42 Å². The number of rotatable bonds is 7. The van der Waals surface area contributed by atoms with Crippen LogP contribution in [0.4, 0.5) is 0 Å². The average Bonchev–Trinajstić information content (AvgIpc) is 2.81. The number of thiazole rings is 1. The minimum atomic E-state index is 0.779. The number of hydrogen-bond acceptors (Lipinski definition) is 4. The first kappa shape index (κ1) is 14.0. The van der Waals surface area contributed by atoms with Crippen LogP contribution in [0.5, 0.6) is 0 Å². The summed E-state index contributed by atoms with van der Waals surface area (Å²) in [5, 5.41) is 10.5. The predicted octanol–water partition coefficient (Wildman–Crippen LogP) is 2.51. The van der Waals surface area contributed by atoms with Gasteiger partial charge in [-0.05, 0) is 45.7 Å². The third-order valence-corrected chi connectivity index (χ3v) is 4.37. The van der Waals surface area contributed by atoms with Gasteiger partial charge in [0.25, 0.3) is 0 Å². The molecule has 102 valence electrons. The molecule has 0 aromatic carbocycles. The molecule has 2 N–H and O–H groups in total. The van der Waals surface area contributed by atoms with Gasteiger partial charge < -0.3 is 10.6 Å². The van der Waals surface area contributed by atoms with Gasteiger partial charge in [0.1, 0.15) is 0 Å². The molecule has 3 nitrogen and oxygen atoms in total. The van der Waals surface area contributed by atoms with Crippen LogP contribution < -0.4 is 10.6 Å². The molecule has 0 radical (unpaired) electrons. The van der Waals surface area contributed by atoms with E-state index in [-0.39, 0.29) is 0 Å². The normalized spacial score (nSPS) is 20.2. The second kappa shape index (κ2) is 7.87. The molecular formula is C14H25N3S. The maximum atomic E-state index is 4.47. The van der Waals surface area contributed by atoms with Crippen molar-refractivity contribution in [2.75, 3.05) is 19.6 Å². The Kier molecular flexibility index (Phi) is 6.11. The Hall–Kier alpha value is -0.450. The van der Waals surface area contributed by atoms with Crippen molar-refractivity contribution in [3.63, 3.8) is 0 Å². The molecule has 1 fully saturated rings. The topological polar surface area (TPSA) is 37.0 Å². The molecule has 18 heavy (non-hydrogen) atoms. The van der Waals surface area contributed by atoms with Crippen molar-refractivity contribution >= 4 is 11.3 Å². The van der Waals surface area contributed by atoms with Crippen LogP contribution in [0.2, 0.25) is 0 Å². The van der Waals surface area contributed by atoms with Crippen LogP contribution in [0, 0.1) is 6.92 Å². The van der Waals surface area contributed by atoms with Crippen LogP contribution in [-0.4, -0.2) is 30.7 Å². The maximum absolute atomic E-state index is 4.47. The van der Waals surface area contributed by atoms with Gasteiger partial charge in [-0.1, -0.05) is 6.42 Å². The third-order valence-electron chi connectivity index (χ3n) is 3.54. The lowest BCUT2D eigenvalue weighted by Crippen LogP contribution is -2.34. The zero-order valence-electron chi connectivity index (χ0n) is 11.4. The Morgan fingerprint density at radius 2 is 2.39 bits per heavy atom. The lowest BCUT2D eigenvalue weighted by atomic mass is 10.0. The van der Waals surface area contributed by atoms with Gasteiger partial charge in [-0.3, -0.25) is 0 Å². The molecule has 1 unspecified atom stereocenters. The van der Waals surface area contributed by atoms with E-state index in [0.717, 1.165) is 25.6 Å². The van der Waals surface area contributed by atoms with Crippen LogP contribution >= 0.6 is 11.3 Å². The van der Waals surface area contributed by atoms with Crippen LogP contribution in [0.1, 0.15) is 42.8 Å². The van der Waals surface area contributed by atoms with Gasteiger partial charge in [0, 0.05) is 24.4 Å². The van der Waals surface area contributed by atoms with Gasteiger partial charge in [-0.25, -0.2) is 4.98 Å². The highest BCUT2D eigenvalue weighted by Gasteiger charge is 2.11. The molecule has 0 aliphatic carbocycles. The van der Waals surface area contributed by atoms with E-state index < -0.39 is 0 Å². The van der Waals surface area contributed by atoms with E-state index in [4.69, 9.17) is 0 Å². The van der Waals surface area contributed by atoms with Crippen molar-refractivity contribution < 1.29 is 0 Å². The quantitative estimate of drug-likeness (QED) is 0.745. The molecule has 1 atom stereocenters. The first-order valence-electron chi connectivity index (χ1n) is 7.20. The summed E-state index contributed by atoms with van der Waals surface area (Å²) in [4.78, 5) is 4.47. The van der Waals surface area contributed by atoms with E-state index in [1.54, 1.807) is 11.3 Å². The molecule has 0 spiro atoms. The number of aryl methyl sites for hydroxylation is 1. The molecular weight excluding hydrogens is 242 g/mol. The summed E-state index contributed by atoms with van der Waals surface area (Å²) in [5.74, 6) is 0. The van der Waals surface area contributed by atoms with Crippen molar-refractivity contribution in [1.82, 2.24) is 15.6 Å². The number of aromatic nitrogens is 1. The Morgan fingerprint density at radius 1 is 1.44 bits per heavy atom. The third kappa shape index (κ3) is 5.04. The predicted molar refractivity (Wildman–Crippen MR) is 78.3 cm³/mol. The van der Waals surface area contributed by atoms with E-state index in [9.17, 15) is 0 Å². The van der Waals surface area contributed by atoms with Gasteiger partial charge in [0.05, 0.1) is 10.7 Å². The van der Waals surface area contributed by atoms with Crippen LogP contribution in [0.15, 0.2) is 5.38 Å². The molecule has 1 aliphatic heterocycles. The first-order valence-corrected chi connectivity index (χ1v) is 8.07. The van der Waals surface area contributed by atoms with E-state index in [1.165, 1.54) is 49.4 Å².